The van der Waals surface area contributed by atoms with Gasteiger partial charge in [0.1, 0.15) is 23.1 Å². The van der Waals surface area contributed by atoms with E-state index in [0.717, 1.165) is 0 Å². The van der Waals surface area contributed by atoms with Crippen molar-refractivity contribution in [1.29, 1.82) is 0 Å². The maximum absolute atomic E-state index is 6.12. The van der Waals surface area contributed by atoms with Gasteiger partial charge in [-0.15, -0.1) is 0 Å². The lowest BCUT2D eigenvalue weighted by molar-refractivity contribution is -0.0527. The van der Waals surface area contributed by atoms with E-state index in [-0.39, 0.29) is 16.7 Å². The summed E-state index contributed by atoms with van der Waals surface area (Å²) in [6, 6.07) is 3.15. The fraction of sp³-hybridized carbons (Fsp3) is 0.333. The van der Waals surface area contributed by atoms with Crippen LogP contribution in [0.2, 0.25) is 10.0 Å². The highest BCUT2D eigenvalue weighted by Crippen LogP contribution is 2.37. The van der Waals surface area contributed by atoms with Crippen molar-refractivity contribution in [3.05, 3.63) is 45.2 Å². The summed E-state index contributed by atoms with van der Waals surface area (Å²) in [6.07, 6.45) is 4.35. The number of hydroxylamine groups is 1. The normalized spacial score (nSPS) is 11.4. The summed E-state index contributed by atoms with van der Waals surface area (Å²) < 4.78 is 10.9. The van der Waals surface area contributed by atoms with Crippen LogP contribution in [-0.2, 0) is 4.84 Å². The molecule has 0 saturated carbocycles. The number of hydrogen-bond donors (Lipinski definition) is 1. The summed E-state index contributed by atoms with van der Waals surface area (Å²) in [7, 11) is 0. The monoisotopic (exact) mass is 399 g/mol. The van der Waals surface area contributed by atoms with Gasteiger partial charge in [-0.2, -0.15) is 0 Å². The summed E-state index contributed by atoms with van der Waals surface area (Å²) in [4.78, 5) is 5.28. The number of rotatable bonds is 7. The highest BCUT2D eigenvalue weighted by atomic mass is 35.5. The molecule has 1 aromatic carbocycles. The van der Waals surface area contributed by atoms with Crippen molar-refractivity contribution in [3.63, 3.8) is 0 Å². The third-order valence-electron chi connectivity index (χ3n) is 2.15. The lowest BCUT2D eigenvalue weighted by atomic mass is 10.2. The van der Waals surface area contributed by atoms with Crippen LogP contribution in [0.3, 0.4) is 0 Å². The molecular weight excluding hydrogens is 384 g/mol. The summed E-state index contributed by atoms with van der Waals surface area (Å²) in [5.41, 5.74) is 2.32. The highest BCUT2D eigenvalue weighted by molar-refractivity contribution is 6.55. The quantitative estimate of drug-likeness (QED) is 0.459. The van der Waals surface area contributed by atoms with Crippen LogP contribution in [-0.4, -0.2) is 12.2 Å². The Kier molecular flexibility index (Phi) is 8.37. The Balaban J connectivity index is 2.63. The van der Waals surface area contributed by atoms with E-state index in [9.17, 15) is 0 Å². The molecule has 0 saturated heterocycles. The van der Waals surface area contributed by atoms with Crippen LogP contribution in [0.15, 0.2) is 35.2 Å². The van der Waals surface area contributed by atoms with Crippen LogP contribution < -0.4 is 15.0 Å². The Morgan fingerprint density at radius 2 is 1.78 bits per heavy atom. The minimum atomic E-state index is -0.320. The number of halogens is 4. The van der Waals surface area contributed by atoms with Crippen LogP contribution in [0.5, 0.6) is 11.5 Å². The Labute approximate surface area is 155 Å². The van der Waals surface area contributed by atoms with Crippen molar-refractivity contribution in [2.75, 3.05) is 6.61 Å². The van der Waals surface area contributed by atoms with E-state index in [4.69, 9.17) is 60.7 Å². The third kappa shape index (κ3) is 8.58. The van der Waals surface area contributed by atoms with Gasteiger partial charge in [0.2, 0.25) is 0 Å². The van der Waals surface area contributed by atoms with Crippen molar-refractivity contribution >= 4 is 46.4 Å². The van der Waals surface area contributed by atoms with Crippen molar-refractivity contribution < 1.29 is 14.3 Å². The van der Waals surface area contributed by atoms with Crippen LogP contribution >= 0.6 is 46.4 Å². The number of hydrogen-bond acceptors (Lipinski definition) is 4. The predicted molar refractivity (Wildman–Crippen MR) is 95.5 cm³/mol. The van der Waals surface area contributed by atoms with Crippen molar-refractivity contribution in [2.24, 2.45) is 0 Å². The maximum Gasteiger partial charge on any atom is 0.164 e. The lowest BCUT2D eigenvalue weighted by Gasteiger charge is -2.17. The first-order chi connectivity index (χ1) is 10.7. The van der Waals surface area contributed by atoms with Gasteiger partial charge in [-0.1, -0.05) is 46.4 Å². The van der Waals surface area contributed by atoms with Gasteiger partial charge in [0, 0.05) is 12.1 Å². The highest BCUT2D eigenvalue weighted by Gasteiger charge is 2.10. The molecular formula is C15H17Cl4NO3. The zero-order chi connectivity index (χ0) is 17.5. The largest absolute Gasteiger partial charge is 0.489 e. The minimum Gasteiger partial charge on any atom is -0.489 e. The molecule has 0 aliphatic heterocycles. The zero-order valence-corrected chi connectivity index (χ0v) is 15.9. The van der Waals surface area contributed by atoms with Crippen molar-refractivity contribution in [2.45, 2.75) is 26.4 Å². The Bertz CT molecular complexity index is 556. The molecule has 128 valence electrons. The smallest absolute Gasteiger partial charge is 0.164 e. The second-order valence-electron chi connectivity index (χ2n) is 5.27. The second kappa shape index (κ2) is 9.50. The Morgan fingerprint density at radius 1 is 1.17 bits per heavy atom. The molecule has 0 heterocycles. The molecule has 0 radical (unpaired) electrons. The topological polar surface area (TPSA) is 39.7 Å². The molecule has 0 aliphatic rings. The van der Waals surface area contributed by atoms with E-state index in [1.807, 2.05) is 20.8 Å². The molecule has 4 nitrogen and oxygen atoms in total. The van der Waals surface area contributed by atoms with E-state index in [1.165, 1.54) is 18.5 Å². The van der Waals surface area contributed by atoms with Crippen molar-refractivity contribution in [3.8, 4) is 11.5 Å². The fourth-order valence-electron chi connectivity index (χ4n) is 1.27. The van der Waals surface area contributed by atoms with E-state index >= 15 is 0 Å². The molecule has 1 aromatic rings. The molecule has 0 aliphatic carbocycles. The molecule has 8 heteroatoms. The van der Waals surface area contributed by atoms with Gasteiger partial charge in [-0.05, 0) is 26.8 Å². The maximum atomic E-state index is 6.12. The van der Waals surface area contributed by atoms with Gasteiger partial charge >= 0.3 is 0 Å². The Morgan fingerprint density at radius 3 is 2.30 bits per heavy atom. The summed E-state index contributed by atoms with van der Waals surface area (Å²) >= 11 is 23.2. The van der Waals surface area contributed by atoms with E-state index < -0.39 is 0 Å². The van der Waals surface area contributed by atoms with Crippen LogP contribution in [0.25, 0.3) is 0 Å². The zero-order valence-electron chi connectivity index (χ0n) is 12.8. The number of nitrogens with one attached hydrogen (secondary N) is 1. The SMILES string of the molecule is CC(C)(C)ONC=COc1c(Cl)cc(OCC=C(Cl)Cl)cc1Cl. The molecule has 1 rings (SSSR count). The molecule has 0 atom stereocenters. The van der Waals surface area contributed by atoms with E-state index in [0.29, 0.717) is 21.5 Å². The molecule has 1 N–H and O–H groups in total. The molecule has 0 amide bonds. The number of ether oxygens (including phenoxy) is 2. The lowest BCUT2D eigenvalue weighted by Crippen LogP contribution is -2.25. The average Bonchev–Trinajstić information content (AvgIpc) is 2.39. The predicted octanol–water partition coefficient (Wildman–Crippen LogP) is 5.86. The molecule has 0 spiro atoms. The minimum absolute atomic E-state index is 0.122. The third-order valence-corrected chi connectivity index (χ3v) is 3.02. The standard InChI is InChI=1S/C15H17Cl4NO3/c1-15(2,3)23-20-5-7-22-14-11(16)8-10(9-12(14)17)21-6-4-13(18)19/h4-5,7-9,20H,6H2,1-3H3. The molecule has 0 unspecified atom stereocenters. The van der Waals surface area contributed by atoms with E-state index in [2.05, 4.69) is 5.48 Å². The van der Waals surface area contributed by atoms with E-state index in [1.54, 1.807) is 12.1 Å². The van der Waals surface area contributed by atoms with Crippen LogP contribution in [0, 0.1) is 0 Å². The molecule has 0 aromatic heterocycles. The van der Waals surface area contributed by atoms with Gasteiger partial charge in [0.25, 0.3) is 0 Å². The first-order valence-corrected chi connectivity index (χ1v) is 8.08. The average molecular weight is 401 g/mol. The molecule has 0 bridgehead atoms. The van der Waals surface area contributed by atoms with Gasteiger partial charge in [0.05, 0.1) is 21.8 Å². The summed E-state index contributed by atoms with van der Waals surface area (Å²) in [6.45, 7) is 5.93. The second-order valence-corrected chi connectivity index (χ2v) is 7.10. The fourth-order valence-corrected chi connectivity index (χ4v) is 1.96. The molecule has 23 heavy (non-hydrogen) atoms. The van der Waals surface area contributed by atoms with Crippen LogP contribution in [0.1, 0.15) is 20.8 Å². The van der Waals surface area contributed by atoms with Gasteiger partial charge in [-0.3, -0.25) is 10.3 Å². The first kappa shape index (κ1) is 20.3. The van der Waals surface area contributed by atoms with Gasteiger partial charge in [-0.25, -0.2) is 0 Å². The molecule has 0 fully saturated rings. The van der Waals surface area contributed by atoms with Crippen LogP contribution in [0.4, 0.5) is 0 Å². The van der Waals surface area contributed by atoms with Gasteiger partial charge in [0.15, 0.2) is 5.75 Å². The summed E-state index contributed by atoms with van der Waals surface area (Å²) in [5, 5.41) is 0.602. The number of benzene rings is 1. The van der Waals surface area contributed by atoms with Gasteiger partial charge < -0.3 is 9.47 Å². The van der Waals surface area contributed by atoms with Crippen molar-refractivity contribution in [1.82, 2.24) is 5.48 Å². The first-order valence-electron chi connectivity index (χ1n) is 6.57. The Hall–Kier alpha value is -0.780. The summed E-state index contributed by atoms with van der Waals surface area (Å²) in [5.74, 6) is 0.775.